The van der Waals surface area contributed by atoms with E-state index < -0.39 is 0 Å². The van der Waals surface area contributed by atoms with Crippen LogP contribution in [0.1, 0.15) is 16.7 Å². The molecule has 0 fully saturated rings. The number of rotatable bonds is 6. The summed E-state index contributed by atoms with van der Waals surface area (Å²) in [7, 11) is 0. The second-order valence-electron chi connectivity index (χ2n) is 6.66. The molecule has 1 aromatic heterocycles. The molecule has 0 bridgehead atoms. The van der Waals surface area contributed by atoms with Crippen LogP contribution in [0.15, 0.2) is 65.9 Å². The van der Waals surface area contributed by atoms with Crippen LogP contribution in [0.5, 0.6) is 0 Å². The Morgan fingerprint density at radius 2 is 1.83 bits per heavy atom. The van der Waals surface area contributed by atoms with Crippen LogP contribution < -0.4 is 16.4 Å². The second-order valence-corrected chi connectivity index (χ2v) is 6.66. The molecule has 0 unspecified atom stereocenters. The third-order valence-electron chi connectivity index (χ3n) is 4.00. The molecule has 3 aromatic rings. The van der Waals surface area contributed by atoms with Crippen LogP contribution in [0.3, 0.4) is 0 Å². The quantitative estimate of drug-likeness (QED) is 0.271. The zero-order valence-corrected chi connectivity index (χ0v) is 18.8. The number of nitrogens with two attached hydrogens (primary N) is 1. The third kappa shape index (κ3) is 7.22. The summed E-state index contributed by atoms with van der Waals surface area (Å²) in [5, 5.41) is 10.0. The molecule has 4 N–H and O–H groups in total. The maximum Gasteiger partial charge on any atom is 0.246 e. The fraction of sp³-hybridized carbons (Fsp3) is 0.190. The largest absolute Gasteiger partial charge is 0.370 e. The van der Waals surface area contributed by atoms with Gasteiger partial charge in [0.15, 0.2) is 5.96 Å². The molecule has 29 heavy (non-hydrogen) atoms. The maximum absolute atomic E-state index is 12.1. The van der Waals surface area contributed by atoms with Crippen molar-refractivity contribution >= 4 is 47.2 Å². The first-order chi connectivity index (χ1) is 13.5. The summed E-state index contributed by atoms with van der Waals surface area (Å²) in [6.07, 6.45) is 3.39. The molecule has 0 radical (unpaired) electrons. The highest BCUT2D eigenvalue weighted by Crippen LogP contribution is 2.14. The molecule has 0 atom stereocenters. The Balaban J connectivity index is 0.00000300. The summed E-state index contributed by atoms with van der Waals surface area (Å²) in [6, 6.07) is 15.5. The molecule has 7 nitrogen and oxygen atoms in total. The van der Waals surface area contributed by atoms with Crippen molar-refractivity contribution in [1.29, 1.82) is 0 Å². The summed E-state index contributed by atoms with van der Waals surface area (Å²) >= 11 is 0. The van der Waals surface area contributed by atoms with Crippen LogP contribution in [0.4, 0.5) is 11.4 Å². The van der Waals surface area contributed by atoms with E-state index in [-0.39, 0.29) is 36.4 Å². The van der Waals surface area contributed by atoms with E-state index in [9.17, 15) is 4.79 Å². The molecule has 0 saturated heterocycles. The number of aryl methyl sites for hydroxylation is 2. The van der Waals surface area contributed by atoms with Gasteiger partial charge in [-0.3, -0.25) is 9.48 Å². The highest BCUT2D eigenvalue weighted by molar-refractivity contribution is 14.0. The Hall–Kier alpha value is -2.88. The molecule has 0 aliphatic rings. The first-order valence-corrected chi connectivity index (χ1v) is 8.99. The van der Waals surface area contributed by atoms with Gasteiger partial charge in [-0.15, -0.1) is 24.0 Å². The summed E-state index contributed by atoms with van der Waals surface area (Å²) in [5.74, 6) is 0.207. The topological polar surface area (TPSA) is 97.3 Å². The van der Waals surface area contributed by atoms with Crippen molar-refractivity contribution in [2.45, 2.75) is 26.9 Å². The Bertz CT molecular complexity index is 964. The number of guanidine groups is 1. The lowest BCUT2D eigenvalue weighted by molar-refractivity contribution is -0.116. The van der Waals surface area contributed by atoms with E-state index in [1.165, 1.54) is 0 Å². The van der Waals surface area contributed by atoms with E-state index in [0.29, 0.717) is 18.2 Å². The molecule has 2 aromatic carbocycles. The van der Waals surface area contributed by atoms with Crippen LogP contribution in [-0.4, -0.2) is 21.6 Å². The highest BCUT2D eigenvalue weighted by Gasteiger charge is 2.04. The van der Waals surface area contributed by atoms with Crippen LogP contribution >= 0.6 is 24.0 Å². The number of carbonyl (C=O) groups is 1. The van der Waals surface area contributed by atoms with Crippen LogP contribution in [0.2, 0.25) is 0 Å². The number of hydrogen-bond donors (Lipinski definition) is 3. The number of hydrogen-bond acceptors (Lipinski definition) is 3. The molecular weight excluding hydrogens is 479 g/mol. The van der Waals surface area contributed by atoms with Crippen LogP contribution in [0.25, 0.3) is 0 Å². The molecule has 3 rings (SSSR count). The molecule has 152 valence electrons. The minimum atomic E-state index is -0.139. The van der Waals surface area contributed by atoms with Gasteiger partial charge in [-0.25, -0.2) is 4.99 Å². The molecular formula is C21H25IN6O. The van der Waals surface area contributed by atoms with Crippen molar-refractivity contribution in [1.82, 2.24) is 9.78 Å². The van der Waals surface area contributed by atoms with Crippen molar-refractivity contribution in [3.05, 3.63) is 77.6 Å². The fourth-order valence-corrected chi connectivity index (χ4v) is 2.90. The summed E-state index contributed by atoms with van der Waals surface area (Å²) in [4.78, 5) is 16.5. The molecule has 0 spiro atoms. The Morgan fingerprint density at radius 3 is 2.52 bits per heavy atom. The van der Waals surface area contributed by atoms with Gasteiger partial charge in [0.2, 0.25) is 5.91 Å². The van der Waals surface area contributed by atoms with E-state index in [1.807, 2.05) is 50.2 Å². The van der Waals surface area contributed by atoms with E-state index in [4.69, 9.17) is 5.73 Å². The Labute approximate surface area is 187 Å². The van der Waals surface area contributed by atoms with Gasteiger partial charge in [0, 0.05) is 23.8 Å². The van der Waals surface area contributed by atoms with E-state index in [2.05, 4.69) is 26.8 Å². The van der Waals surface area contributed by atoms with Crippen LogP contribution in [-0.2, 0) is 17.9 Å². The average molecular weight is 504 g/mol. The van der Waals surface area contributed by atoms with Crippen molar-refractivity contribution in [3.63, 3.8) is 0 Å². The predicted octanol–water partition coefficient (Wildman–Crippen LogP) is 3.68. The minimum absolute atomic E-state index is 0. The number of halogens is 1. The van der Waals surface area contributed by atoms with Gasteiger partial charge in [-0.2, -0.15) is 5.10 Å². The number of amides is 1. The average Bonchev–Trinajstić information content (AvgIpc) is 3.12. The molecule has 8 heteroatoms. The predicted molar refractivity (Wildman–Crippen MR) is 128 cm³/mol. The lowest BCUT2D eigenvalue weighted by Gasteiger charge is -2.09. The molecule has 0 saturated carbocycles. The van der Waals surface area contributed by atoms with Crippen LogP contribution in [0, 0.1) is 13.8 Å². The van der Waals surface area contributed by atoms with Crippen molar-refractivity contribution in [2.75, 3.05) is 10.6 Å². The second kappa shape index (κ2) is 10.6. The van der Waals surface area contributed by atoms with E-state index >= 15 is 0 Å². The van der Waals surface area contributed by atoms with E-state index in [0.717, 1.165) is 22.4 Å². The van der Waals surface area contributed by atoms with Crippen molar-refractivity contribution in [2.24, 2.45) is 10.7 Å². The first-order valence-electron chi connectivity index (χ1n) is 8.99. The SMILES string of the molecule is Cc1cc(C)cc(NC(N)=NCc2cccc(NC(=O)Cn3cccn3)c2)c1.I. The lowest BCUT2D eigenvalue weighted by atomic mass is 10.1. The third-order valence-corrected chi connectivity index (χ3v) is 4.00. The molecule has 1 heterocycles. The maximum atomic E-state index is 12.1. The Kier molecular flexibility index (Phi) is 8.20. The zero-order valence-electron chi connectivity index (χ0n) is 16.4. The number of nitrogens with one attached hydrogen (secondary N) is 2. The van der Waals surface area contributed by atoms with Crippen molar-refractivity contribution < 1.29 is 4.79 Å². The Morgan fingerprint density at radius 1 is 1.07 bits per heavy atom. The lowest BCUT2D eigenvalue weighted by Crippen LogP contribution is -2.22. The van der Waals surface area contributed by atoms with Crippen molar-refractivity contribution in [3.8, 4) is 0 Å². The standard InChI is InChI=1S/C21H24N6O.HI/c1-15-9-16(2)11-19(10-15)26-21(22)23-13-17-5-3-6-18(12-17)25-20(28)14-27-8-4-7-24-27;/h3-12H,13-14H2,1-2H3,(H,25,28)(H3,22,23,26);1H. The number of aliphatic imine (C=N–C) groups is 1. The summed E-state index contributed by atoms with van der Waals surface area (Å²) < 4.78 is 1.57. The number of anilines is 2. The van der Waals surface area contributed by atoms with Gasteiger partial charge in [-0.05, 0) is 60.9 Å². The minimum Gasteiger partial charge on any atom is -0.370 e. The molecule has 0 aliphatic carbocycles. The summed E-state index contributed by atoms with van der Waals surface area (Å²) in [5.41, 5.74) is 10.9. The zero-order chi connectivity index (χ0) is 19.9. The van der Waals surface area contributed by atoms with Gasteiger partial charge in [0.25, 0.3) is 0 Å². The van der Waals surface area contributed by atoms with Gasteiger partial charge in [0.1, 0.15) is 6.54 Å². The number of benzene rings is 2. The monoisotopic (exact) mass is 504 g/mol. The normalized spacial score (nSPS) is 10.9. The molecule has 1 amide bonds. The molecule has 0 aliphatic heterocycles. The van der Waals surface area contributed by atoms with Gasteiger partial charge in [-0.1, -0.05) is 18.2 Å². The van der Waals surface area contributed by atoms with Gasteiger partial charge < -0.3 is 16.4 Å². The first kappa shape index (κ1) is 22.4. The van der Waals surface area contributed by atoms with Gasteiger partial charge in [0.05, 0.1) is 6.54 Å². The summed E-state index contributed by atoms with van der Waals surface area (Å²) in [6.45, 7) is 4.66. The number of carbonyl (C=O) groups excluding carboxylic acids is 1. The fourth-order valence-electron chi connectivity index (χ4n) is 2.90. The van der Waals surface area contributed by atoms with Gasteiger partial charge >= 0.3 is 0 Å². The highest BCUT2D eigenvalue weighted by atomic mass is 127. The van der Waals surface area contributed by atoms with E-state index in [1.54, 1.807) is 23.1 Å². The smallest absolute Gasteiger partial charge is 0.246 e. The number of aromatic nitrogens is 2. The number of nitrogens with zero attached hydrogens (tertiary/aromatic N) is 3.